The molecule has 0 aliphatic carbocycles. The minimum Gasteiger partial charge on any atom is -0.480 e. The Morgan fingerprint density at radius 1 is 1.27 bits per heavy atom. The first kappa shape index (κ1) is 16.1. The van der Waals surface area contributed by atoms with Gasteiger partial charge in [-0.25, -0.2) is 4.79 Å². The number of amides is 2. The summed E-state index contributed by atoms with van der Waals surface area (Å²) in [5, 5.41) is 11.6. The summed E-state index contributed by atoms with van der Waals surface area (Å²) in [6, 6.07) is 0.509. The molecule has 1 aromatic heterocycles. The maximum absolute atomic E-state index is 12.2. The van der Waals surface area contributed by atoms with Gasteiger partial charge in [0.05, 0.1) is 5.56 Å². The molecule has 0 aromatic carbocycles. The fraction of sp³-hybridized carbons (Fsp3) is 0.533. The minimum absolute atomic E-state index is 0.129. The average molecular weight is 307 g/mol. The van der Waals surface area contributed by atoms with E-state index in [1.165, 1.54) is 12.3 Å². The molecule has 0 unspecified atom stereocenters. The Balaban J connectivity index is 2.05. The Morgan fingerprint density at radius 3 is 2.45 bits per heavy atom. The van der Waals surface area contributed by atoms with Gasteiger partial charge in [-0.05, 0) is 24.8 Å². The molecule has 0 saturated carbocycles. The van der Waals surface area contributed by atoms with Crippen LogP contribution in [0.15, 0.2) is 12.3 Å². The minimum atomic E-state index is -1.08. The number of hydrogen-bond donors (Lipinski definition) is 3. The summed E-state index contributed by atoms with van der Waals surface area (Å²) in [5.41, 5.74) is 0.609. The number of aliphatic carboxylic acids is 1. The Morgan fingerprint density at radius 2 is 1.91 bits per heavy atom. The third kappa shape index (κ3) is 3.47. The molecule has 7 heteroatoms. The van der Waals surface area contributed by atoms with Gasteiger partial charge in [0.2, 0.25) is 0 Å². The molecule has 3 N–H and O–H groups in total. The topological polar surface area (TPSA) is 103 Å². The summed E-state index contributed by atoms with van der Waals surface area (Å²) in [6.45, 7) is 4.90. The monoisotopic (exact) mass is 307 g/mol. The molecule has 1 saturated heterocycles. The first-order valence-electron chi connectivity index (χ1n) is 7.41. The second kappa shape index (κ2) is 6.64. The lowest BCUT2D eigenvalue weighted by Gasteiger charge is -2.17. The quantitative estimate of drug-likeness (QED) is 0.757. The molecule has 1 atom stereocenters. The molecule has 2 amide bonds. The molecule has 7 nitrogen and oxygen atoms in total. The maximum atomic E-state index is 12.2. The fourth-order valence-corrected chi connectivity index (χ4v) is 2.48. The van der Waals surface area contributed by atoms with Crippen LogP contribution in [0.3, 0.4) is 0 Å². The van der Waals surface area contributed by atoms with Crippen LogP contribution >= 0.6 is 0 Å². The standard InChI is InChI=1S/C15H21N3O4/c1-9(2)12(15(21)22)17-13(19)10-7-11(16-8-10)14(20)18-5-3-4-6-18/h7-9,12,16H,3-6H2,1-2H3,(H,17,19)(H,21,22)/t12-/m0/s1. The van der Waals surface area contributed by atoms with Gasteiger partial charge in [0, 0.05) is 19.3 Å². The zero-order valence-electron chi connectivity index (χ0n) is 12.8. The van der Waals surface area contributed by atoms with Crippen LogP contribution in [0, 0.1) is 5.92 Å². The number of rotatable bonds is 5. The second-order valence-corrected chi connectivity index (χ2v) is 5.83. The number of likely N-dealkylation sites (tertiary alicyclic amines) is 1. The highest BCUT2D eigenvalue weighted by atomic mass is 16.4. The highest BCUT2D eigenvalue weighted by Crippen LogP contribution is 2.13. The van der Waals surface area contributed by atoms with Crippen molar-refractivity contribution >= 4 is 17.8 Å². The Labute approximate surface area is 128 Å². The van der Waals surface area contributed by atoms with Crippen molar-refractivity contribution in [2.75, 3.05) is 13.1 Å². The zero-order valence-corrected chi connectivity index (χ0v) is 12.8. The number of carbonyl (C=O) groups is 3. The van der Waals surface area contributed by atoms with Crippen molar-refractivity contribution in [2.45, 2.75) is 32.7 Å². The molecule has 1 aliphatic rings. The van der Waals surface area contributed by atoms with Gasteiger partial charge in [0.25, 0.3) is 11.8 Å². The van der Waals surface area contributed by atoms with Crippen LogP contribution in [0.4, 0.5) is 0 Å². The van der Waals surface area contributed by atoms with Crippen molar-refractivity contribution in [3.63, 3.8) is 0 Å². The van der Waals surface area contributed by atoms with Gasteiger partial charge in [-0.2, -0.15) is 0 Å². The molecule has 0 bridgehead atoms. The van der Waals surface area contributed by atoms with E-state index in [2.05, 4.69) is 10.3 Å². The first-order valence-corrected chi connectivity index (χ1v) is 7.41. The van der Waals surface area contributed by atoms with Crippen LogP contribution in [0.5, 0.6) is 0 Å². The zero-order chi connectivity index (χ0) is 16.3. The number of aromatic nitrogens is 1. The maximum Gasteiger partial charge on any atom is 0.326 e. The van der Waals surface area contributed by atoms with Crippen molar-refractivity contribution < 1.29 is 19.5 Å². The van der Waals surface area contributed by atoms with Crippen molar-refractivity contribution in [3.8, 4) is 0 Å². The molecule has 0 radical (unpaired) electrons. The molecule has 2 rings (SSSR count). The number of nitrogens with one attached hydrogen (secondary N) is 2. The molecule has 1 aliphatic heterocycles. The number of nitrogens with zero attached hydrogens (tertiary/aromatic N) is 1. The van der Waals surface area contributed by atoms with E-state index in [0.29, 0.717) is 5.69 Å². The van der Waals surface area contributed by atoms with E-state index >= 15 is 0 Å². The summed E-state index contributed by atoms with van der Waals surface area (Å²) in [5.74, 6) is -1.94. The number of carbonyl (C=O) groups excluding carboxylic acids is 2. The number of aromatic amines is 1. The third-order valence-corrected chi connectivity index (χ3v) is 3.79. The number of carboxylic acids is 1. The van der Waals surface area contributed by atoms with Crippen LogP contribution in [-0.4, -0.2) is 51.9 Å². The first-order chi connectivity index (χ1) is 10.4. The van der Waals surface area contributed by atoms with E-state index in [-0.39, 0.29) is 17.4 Å². The highest BCUT2D eigenvalue weighted by Gasteiger charge is 2.26. The van der Waals surface area contributed by atoms with Gasteiger partial charge < -0.3 is 20.3 Å². The molecule has 1 aromatic rings. The summed E-state index contributed by atoms with van der Waals surface area (Å²) in [7, 11) is 0. The highest BCUT2D eigenvalue weighted by molar-refractivity contribution is 6.00. The van der Waals surface area contributed by atoms with Gasteiger partial charge in [0.15, 0.2) is 0 Å². The smallest absolute Gasteiger partial charge is 0.326 e. The summed E-state index contributed by atoms with van der Waals surface area (Å²) in [4.78, 5) is 39.9. The van der Waals surface area contributed by atoms with E-state index in [9.17, 15) is 14.4 Å². The molecule has 22 heavy (non-hydrogen) atoms. The lowest BCUT2D eigenvalue weighted by Crippen LogP contribution is -2.44. The van der Waals surface area contributed by atoms with Crippen molar-refractivity contribution in [3.05, 3.63) is 23.5 Å². The van der Waals surface area contributed by atoms with Gasteiger partial charge in [-0.15, -0.1) is 0 Å². The predicted octanol–water partition coefficient (Wildman–Crippen LogP) is 1.09. The Bertz CT molecular complexity index is 573. The van der Waals surface area contributed by atoms with Crippen LogP contribution in [-0.2, 0) is 4.79 Å². The number of H-pyrrole nitrogens is 1. The molecule has 2 heterocycles. The normalized spacial score (nSPS) is 15.9. The molecule has 1 fully saturated rings. The third-order valence-electron chi connectivity index (χ3n) is 3.79. The summed E-state index contributed by atoms with van der Waals surface area (Å²) in [6.07, 6.45) is 3.42. The molecular formula is C15H21N3O4. The van der Waals surface area contributed by atoms with E-state index < -0.39 is 17.9 Å². The second-order valence-electron chi connectivity index (χ2n) is 5.83. The Kier molecular flexibility index (Phi) is 4.85. The van der Waals surface area contributed by atoms with Crippen molar-refractivity contribution in [2.24, 2.45) is 5.92 Å². The number of hydrogen-bond acceptors (Lipinski definition) is 3. The molecule has 0 spiro atoms. The van der Waals surface area contributed by atoms with E-state index in [1.807, 2.05) is 0 Å². The fourth-order valence-electron chi connectivity index (χ4n) is 2.48. The Hall–Kier alpha value is -2.31. The van der Waals surface area contributed by atoms with Gasteiger partial charge >= 0.3 is 5.97 Å². The summed E-state index contributed by atoms with van der Waals surface area (Å²) < 4.78 is 0. The van der Waals surface area contributed by atoms with E-state index in [0.717, 1.165) is 25.9 Å². The largest absolute Gasteiger partial charge is 0.480 e. The summed E-state index contributed by atoms with van der Waals surface area (Å²) >= 11 is 0. The molecular weight excluding hydrogens is 286 g/mol. The lowest BCUT2D eigenvalue weighted by atomic mass is 10.0. The SMILES string of the molecule is CC(C)[C@H](NC(=O)c1c[nH]c(C(=O)N2CCCC2)c1)C(=O)O. The van der Waals surface area contributed by atoms with Gasteiger partial charge in [0.1, 0.15) is 11.7 Å². The molecule has 120 valence electrons. The van der Waals surface area contributed by atoms with Gasteiger partial charge in [-0.1, -0.05) is 13.8 Å². The van der Waals surface area contributed by atoms with Crippen LogP contribution < -0.4 is 5.32 Å². The average Bonchev–Trinajstić information content (AvgIpc) is 3.13. The predicted molar refractivity (Wildman–Crippen MR) is 79.7 cm³/mol. The van der Waals surface area contributed by atoms with Gasteiger partial charge in [-0.3, -0.25) is 9.59 Å². The van der Waals surface area contributed by atoms with Crippen LogP contribution in [0.2, 0.25) is 0 Å². The van der Waals surface area contributed by atoms with Crippen LogP contribution in [0.1, 0.15) is 47.5 Å². The lowest BCUT2D eigenvalue weighted by molar-refractivity contribution is -0.140. The van der Waals surface area contributed by atoms with Crippen molar-refractivity contribution in [1.29, 1.82) is 0 Å². The van der Waals surface area contributed by atoms with E-state index in [1.54, 1.807) is 18.7 Å². The van der Waals surface area contributed by atoms with Crippen LogP contribution in [0.25, 0.3) is 0 Å². The van der Waals surface area contributed by atoms with E-state index in [4.69, 9.17) is 5.11 Å². The van der Waals surface area contributed by atoms with Crippen molar-refractivity contribution in [1.82, 2.24) is 15.2 Å². The number of carboxylic acid groups (broad SMARTS) is 1.